The maximum atomic E-state index is 4.55. The molecule has 2 aromatic carbocycles. The Morgan fingerprint density at radius 1 is 0.792 bits per heavy atom. The van der Waals surface area contributed by atoms with Crippen molar-refractivity contribution < 1.29 is 0 Å². The van der Waals surface area contributed by atoms with Gasteiger partial charge in [0.05, 0.1) is 13.1 Å². The zero-order valence-electron chi connectivity index (χ0n) is 13.6. The topological polar surface area (TPSA) is 53.7 Å². The molecule has 5 nitrogen and oxygen atoms in total. The van der Waals surface area contributed by atoms with Gasteiger partial charge >= 0.3 is 0 Å². The zero-order valence-corrected chi connectivity index (χ0v) is 13.6. The molecule has 2 aliphatic rings. The molecule has 0 atom stereocenters. The number of hydrogen-bond acceptors (Lipinski definition) is 4. The third-order valence-corrected chi connectivity index (χ3v) is 4.90. The summed E-state index contributed by atoms with van der Waals surface area (Å²) in [4.78, 5) is 9.10. The number of amidine groups is 2. The number of aryl methyl sites for hydroxylation is 1. The van der Waals surface area contributed by atoms with E-state index in [1.165, 1.54) is 21.8 Å². The number of nitrogens with zero attached hydrogens (tertiary/aromatic N) is 3. The molecule has 0 unspecified atom stereocenters. The highest BCUT2D eigenvalue weighted by Gasteiger charge is 2.15. The molecule has 5 heteroatoms. The highest BCUT2D eigenvalue weighted by Crippen LogP contribution is 2.30. The standard InChI is InChI=1S/C19H19N5/c1-24-16-4-2-12(18-20-6-7-21-18)10-14(16)15-11-13(3-5-17(15)24)19-22-8-9-23-19/h2-5,10-11H,6-9H2,1H3,(H,20,21)(H,22,23). The van der Waals surface area contributed by atoms with Gasteiger partial charge in [-0.25, -0.2) is 0 Å². The van der Waals surface area contributed by atoms with Gasteiger partial charge in [-0.3, -0.25) is 9.98 Å². The SMILES string of the molecule is Cn1c2ccc(C3=NCCN3)cc2c2cc(C3=NCCN3)ccc21. The van der Waals surface area contributed by atoms with Crippen LogP contribution in [0.1, 0.15) is 11.1 Å². The predicted octanol–water partition coefficient (Wildman–Crippen LogP) is 2.03. The van der Waals surface area contributed by atoms with Crippen LogP contribution >= 0.6 is 0 Å². The van der Waals surface area contributed by atoms with Crippen molar-refractivity contribution in [1.82, 2.24) is 15.2 Å². The molecule has 5 rings (SSSR count). The number of rotatable bonds is 2. The molecular formula is C19H19N5. The van der Waals surface area contributed by atoms with E-state index in [1.54, 1.807) is 0 Å². The quantitative estimate of drug-likeness (QED) is 0.760. The van der Waals surface area contributed by atoms with Crippen molar-refractivity contribution >= 4 is 33.5 Å². The minimum atomic E-state index is 0.860. The lowest BCUT2D eigenvalue weighted by atomic mass is 10.1. The Bertz CT molecular complexity index is 944. The van der Waals surface area contributed by atoms with Crippen molar-refractivity contribution in [3.8, 4) is 0 Å². The van der Waals surface area contributed by atoms with Crippen LogP contribution in [0.3, 0.4) is 0 Å². The largest absolute Gasteiger partial charge is 0.368 e. The monoisotopic (exact) mass is 317 g/mol. The lowest BCUT2D eigenvalue weighted by Gasteiger charge is -2.04. The van der Waals surface area contributed by atoms with Crippen molar-refractivity contribution in [1.29, 1.82) is 0 Å². The Balaban J connectivity index is 1.75. The van der Waals surface area contributed by atoms with Gasteiger partial charge < -0.3 is 15.2 Å². The summed E-state index contributed by atoms with van der Waals surface area (Å²) in [5.74, 6) is 2.01. The molecule has 0 bridgehead atoms. The molecule has 0 amide bonds. The van der Waals surface area contributed by atoms with Crippen LogP contribution in [-0.4, -0.2) is 42.4 Å². The van der Waals surface area contributed by atoms with Crippen molar-refractivity contribution in [3.63, 3.8) is 0 Å². The van der Waals surface area contributed by atoms with Gasteiger partial charge in [0.2, 0.25) is 0 Å². The number of benzene rings is 2. The summed E-state index contributed by atoms with van der Waals surface area (Å²) in [6.45, 7) is 3.58. The van der Waals surface area contributed by atoms with E-state index in [2.05, 4.69) is 68.6 Å². The number of aliphatic imine (C=N–C) groups is 2. The molecule has 24 heavy (non-hydrogen) atoms. The highest BCUT2D eigenvalue weighted by molar-refractivity contribution is 6.13. The molecule has 3 aromatic rings. The molecule has 0 aliphatic carbocycles. The molecule has 0 radical (unpaired) electrons. The summed E-state index contributed by atoms with van der Waals surface area (Å²) in [5, 5.41) is 9.26. The summed E-state index contributed by atoms with van der Waals surface area (Å²) in [6.07, 6.45) is 0. The lowest BCUT2D eigenvalue weighted by molar-refractivity contribution is 0.960. The second-order valence-electron chi connectivity index (χ2n) is 6.34. The average Bonchev–Trinajstić information content (AvgIpc) is 3.36. The minimum Gasteiger partial charge on any atom is -0.368 e. The van der Waals surface area contributed by atoms with Gasteiger partial charge in [0, 0.05) is 53.1 Å². The molecule has 2 aliphatic heterocycles. The molecular weight excluding hydrogens is 298 g/mol. The van der Waals surface area contributed by atoms with Crippen LogP contribution in [0.25, 0.3) is 21.8 Å². The third kappa shape index (κ3) is 1.94. The lowest BCUT2D eigenvalue weighted by Crippen LogP contribution is -2.19. The van der Waals surface area contributed by atoms with E-state index in [1.807, 2.05) is 0 Å². The van der Waals surface area contributed by atoms with E-state index in [4.69, 9.17) is 0 Å². The number of nitrogens with one attached hydrogen (secondary N) is 2. The zero-order chi connectivity index (χ0) is 16.1. The fourth-order valence-electron chi connectivity index (χ4n) is 3.70. The van der Waals surface area contributed by atoms with Gasteiger partial charge in [0.25, 0.3) is 0 Å². The first-order chi connectivity index (χ1) is 11.8. The second-order valence-corrected chi connectivity index (χ2v) is 6.34. The summed E-state index contributed by atoms with van der Waals surface area (Å²) in [5.41, 5.74) is 4.81. The maximum Gasteiger partial charge on any atom is 0.128 e. The van der Waals surface area contributed by atoms with E-state index >= 15 is 0 Å². The predicted molar refractivity (Wildman–Crippen MR) is 99.2 cm³/mol. The van der Waals surface area contributed by atoms with E-state index in [9.17, 15) is 0 Å². The van der Waals surface area contributed by atoms with Crippen LogP contribution in [0.5, 0.6) is 0 Å². The van der Waals surface area contributed by atoms with Gasteiger partial charge in [0.15, 0.2) is 0 Å². The molecule has 0 saturated heterocycles. The summed E-state index contributed by atoms with van der Waals surface area (Å²) < 4.78 is 2.26. The summed E-state index contributed by atoms with van der Waals surface area (Å²) in [6, 6.07) is 13.2. The fraction of sp³-hybridized carbons (Fsp3) is 0.263. The normalized spacial score (nSPS) is 17.0. The first-order valence-corrected chi connectivity index (χ1v) is 8.41. The maximum absolute atomic E-state index is 4.55. The van der Waals surface area contributed by atoms with Gasteiger partial charge in [-0.05, 0) is 36.4 Å². The van der Waals surface area contributed by atoms with E-state index < -0.39 is 0 Å². The molecule has 0 spiro atoms. The van der Waals surface area contributed by atoms with Gasteiger partial charge in [-0.15, -0.1) is 0 Å². The fourth-order valence-corrected chi connectivity index (χ4v) is 3.70. The van der Waals surface area contributed by atoms with Crippen molar-refractivity contribution in [2.24, 2.45) is 17.0 Å². The van der Waals surface area contributed by atoms with Crippen LogP contribution in [0, 0.1) is 0 Å². The number of aromatic nitrogens is 1. The summed E-state index contributed by atoms with van der Waals surface area (Å²) >= 11 is 0. The van der Waals surface area contributed by atoms with Crippen LogP contribution < -0.4 is 10.6 Å². The average molecular weight is 317 g/mol. The first kappa shape index (κ1) is 13.6. The smallest absolute Gasteiger partial charge is 0.128 e. The highest BCUT2D eigenvalue weighted by atomic mass is 15.1. The molecule has 3 heterocycles. The van der Waals surface area contributed by atoms with Crippen LogP contribution in [0.4, 0.5) is 0 Å². The molecule has 0 saturated carbocycles. The Morgan fingerprint density at radius 3 is 1.71 bits per heavy atom. The molecule has 1 aromatic heterocycles. The third-order valence-electron chi connectivity index (χ3n) is 4.90. The van der Waals surface area contributed by atoms with Crippen molar-refractivity contribution in [2.75, 3.05) is 26.2 Å². The van der Waals surface area contributed by atoms with Crippen LogP contribution in [0.2, 0.25) is 0 Å². The Kier molecular flexibility index (Phi) is 2.89. The van der Waals surface area contributed by atoms with Gasteiger partial charge in [0.1, 0.15) is 11.7 Å². The Labute approximate surface area is 140 Å². The first-order valence-electron chi connectivity index (χ1n) is 8.41. The molecule has 2 N–H and O–H groups in total. The van der Waals surface area contributed by atoms with Crippen molar-refractivity contribution in [2.45, 2.75) is 0 Å². The Hall–Kier alpha value is -2.82. The second kappa shape index (κ2) is 5.09. The number of fused-ring (bicyclic) bond motifs is 3. The van der Waals surface area contributed by atoms with Gasteiger partial charge in [-0.2, -0.15) is 0 Å². The number of hydrogen-bond donors (Lipinski definition) is 2. The Morgan fingerprint density at radius 2 is 1.29 bits per heavy atom. The molecule has 120 valence electrons. The summed E-state index contributed by atoms with van der Waals surface area (Å²) in [7, 11) is 2.13. The molecule has 0 fully saturated rings. The van der Waals surface area contributed by atoms with Gasteiger partial charge in [-0.1, -0.05) is 0 Å². The van der Waals surface area contributed by atoms with E-state index in [0.717, 1.165) is 49.0 Å². The minimum absolute atomic E-state index is 0.860. The van der Waals surface area contributed by atoms with Crippen molar-refractivity contribution in [3.05, 3.63) is 47.5 Å². The van der Waals surface area contributed by atoms with E-state index in [-0.39, 0.29) is 0 Å². The van der Waals surface area contributed by atoms with Crippen LogP contribution in [-0.2, 0) is 7.05 Å². The van der Waals surface area contributed by atoms with Crippen LogP contribution in [0.15, 0.2) is 46.4 Å². The van der Waals surface area contributed by atoms with E-state index in [0.29, 0.717) is 0 Å².